The first-order valence-electron chi connectivity index (χ1n) is 8.38. The van der Waals surface area contributed by atoms with Crippen LogP contribution < -0.4 is 0 Å². The number of benzene rings is 1. The SMILES string of the molecule is OC1(C2CCCCN2CCc2ccc(F)cc2)CCCC1. The summed E-state index contributed by atoms with van der Waals surface area (Å²) in [6.45, 7) is 2.06. The van der Waals surface area contributed by atoms with Gasteiger partial charge in [-0.1, -0.05) is 31.4 Å². The summed E-state index contributed by atoms with van der Waals surface area (Å²) in [6.07, 6.45) is 8.79. The summed E-state index contributed by atoms with van der Waals surface area (Å²) >= 11 is 0. The van der Waals surface area contributed by atoms with Crippen LogP contribution in [0.4, 0.5) is 4.39 Å². The highest BCUT2D eigenvalue weighted by atomic mass is 19.1. The van der Waals surface area contributed by atoms with Gasteiger partial charge in [-0.05, 0) is 56.3 Å². The van der Waals surface area contributed by atoms with Crippen LogP contribution in [0.5, 0.6) is 0 Å². The number of hydrogen-bond donors (Lipinski definition) is 1. The number of aliphatic hydroxyl groups is 1. The molecule has 0 spiro atoms. The minimum Gasteiger partial charge on any atom is -0.388 e. The van der Waals surface area contributed by atoms with Gasteiger partial charge in [-0.15, -0.1) is 0 Å². The van der Waals surface area contributed by atoms with Crippen LogP contribution in [0.2, 0.25) is 0 Å². The zero-order valence-electron chi connectivity index (χ0n) is 12.7. The summed E-state index contributed by atoms with van der Waals surface area (Å²) in [5.41, 5.74) is 0.725. The van der Waals surface area contributed by atoms with Crippen molar-refractivity contribution in [3.05, 3.63) is 35.6 Å². The van der Waals surface area contributed by atoms with E-state index in [0.29, 0.717) is 6.04 Å². The number of piperidine rings is 1. The quantitative estimate of drug-likeness (QED) is 0.917. The van der Waals surface area contributed by atoms with E-state index < -0.39 is 5.60 Å². The first-order valence-corrected chi connectivity index (χ1v) is 8.38. The molecule has 0 bridgehead atoms. The van der Waals surface area contributed by atoms with Crippen molar-refractivity contribution in [3.63, 3.8) is 0 Å². The molecule has 1 aliphatic carbocycles. The van der Waals surface area contributed by atoms with Crippen molar-refractivity contribution in [2.24, 2.45) is 0 Å². The predicted molar refractivity (Wildman–Crippen MR) is 82.7 cm³/mol. The van der Waals surface area contributed by atoms with E-state index in [0.717, 1.165) is 38.8 Å². The molecule has 3 rings (SSSR count). The second-order valence-electron chi connectivity index (χ2n) is 6.73. The molecular formula is C18H26FNO. The van der Waals surface area contributed by atoms with Crippen LogP contribution in [0.15, 0.2) is 24.3 Å². The molecule has 0 amide bonds. The van der Waals surface area contributed by atoms with Gasteiger partial charge in [0.25, 0.3) is 0 Å². The largest absolute Gasteiger partial charge is 0.388 e. The molecule has 3 heteroatoms. The fourth-order valence-corrected chi connectivity index (χ4v) is 4.11. The topological polar surface area (TPSA) is 23.5 Å². The molecule has 1 saturated carbocycles. The molecule has 0 radical (unpaired) electrons. The summed E-state index contributed by atoms with van der Waals surface area (Å²) in [6, 6.07) is 7.15. The molecule has 1 aliphatic heterocycles. The molecule has 1 unspecified atom stereocenters. The lowest BCUT2D eigenvalue weighted by atomic mass is 9.84. The van der Waals surface area contributed by atoms with E-state index >= 15 is 0 Å². The maximum absolute atomic E-state index is 13.0. The molecule has 2 nitrogen and oxygen atoms in total. The molecule has 116 valence electrons. The van der Waals surface area contributed by atoms with Gasteiger partial charge in [-0.2, -0.15) is 0 Å². The maximum atomic E-state index is 13.0. The van der Waals surface area contributed by atoms with Crippen LogP contribution in [0.25, 0.3) is 0 Å². The van der Waals surface area contributed by atoms with Crippen LogP contribution in [0.1, 0.15) is 50.5 Å². The molecule has 2 fully saturated rings. The standard InChI is InChI=1S/C18H26FNO/c19-16-8-6-15(7-9-16)10-14-20-13-4-1-5-17(20)18(21)11-2-3-12-18/h6-9,17,21H,1-5,10-14H2. The van der Waals surface area contributed by atoms with Crippen molar-refractivity contribution in [1.82, 2.24) is 4.90 Å². The second-order valence-corrected chi connectivity index (χ2v) is 6.73. The Morgan fingerprint density at radius 3 is 2.52 bits per heavy atom. The van der Waals surface area contributed by atoms with Gasteiger partial charge in [0.1, 0.15) is 5.82 Å². The number of rotatable bonds is 4. The van der Waals surface area contributed by atoms with Gasteiger partial charge < -0.3 is 5.11 Å². The van der Waals surface area contributed by atoms with Gasteiger partial charge in [0, 0.05) is 12.6 Å². The Morgan fingerprint density at radius 1 is 1.10 bits per heavy atom. The summed E-state index contributed by atoms with van der Waals surface area (Å²) in [7, 11) is 0. The smallest absolute Gasteiger partial charge is 0.123 e. The van der Waals surface area contributed by atoms with E-state index in [-0.39, 0.29) is 5.82 Å². The Hall–Kier alpha value is -0.930. The van der Waals surface area contributed by atoms with Crippen LogP contribution in [0.3, 0.4) is 0 Å². The van der Waals surface area contributed by atoms with Crippen molar-refractivity contribution in [1.29, 1.82) is 0 Å². The third kappa shape index (κ3) is 3.46. The number of nitrogens with zero attached hydrogens (tertiary/aromatic N) is 1. The van der Waals surface area contributed by atoms with Crippen molar-refractivity contribution in [3.8, 4) is 0 Å². The van der Waals surface area contributed by atoms with E-state index in [9.17, 15) is 9.50 Å². The number of likely N-dealkylation sites (tertiary alicyclic amines) is 1. The molecular weight excluding hydrogens is 265 g/mol. The Balaban J connectivity index is 1.63. The fraction of sp³-hybridized carbons (Fsp3) is 0.667. The molecule has 1 atom stereocenters. The highest BCUT2D eigenvalue weighted by Gasteiger charge is 2.42. The lowest BCUT2D eigenvalue weighted by molar-refractivity contribution is -0.0573. The van der Waals surface area contributed by atoms with Crippen LogP contribution in [-0.2, 0) is 6.42 Å². The zero-order valence-corrected chi connectivity index (χ0v) is 12.7. The van der Waals surface area contributed by atoms with Crippen molar-refractivity contribution in [2.75, 3.05) is 13.1 Å². The highest BCUT2D eigenvalue weighted by Crippen LogP contribution is 2.38. The first kappa shape index (κ1) is 15.0. The third-order valence-electron chi connectivity index (χ3n) is 5.30. The third-order valence-corrected chi connectivity index (χ3v) is 5.30. The summed E-state index contributed by atoms with van der Waals surface area (Å²) in [4.78, 5) is 2.48. The highest BCUT2D eigenvalue weighted by molar-refractivity contribution is 5.16. The molecule has 1 aromatic rings. The van der Waals surface area contributed by atoms with Gasteiger partial charge in [0.15, 0.2) is 0 Å². The minimum absolute atomic E-state index is 0.171. The van der Waals surface area contributed by atoms with E-state index in [1.54, 1.807) is 0 Å². The number of hydrogen-bond acceptors (Lipinski definition) is 2. The monoisotopic (exact) mass is 291 g/mol. The molecule has 21 heavy (non-hydrogen) atoms. The van der Waals surface area contributed by atoms with Crippen molar-refractivity contribution < 1.29 is 9.50 Å². The lowest BCUT2D eigenvalue weighted by Gasteiger charge is -2.44. The van der Waals surface area contributed by atoms with Gasteiger partial charge >= 0.3 is 0 Å². The normalized spacial score (nSPS) is 26.1. The van der Waals surface area contributed by atoms with Gasteiger partial charge in [0.2, 0.25) is 0 Å². The average molecular weight is 291 g/mol. The first-order chi connectivity index (χ1) is 10.2. The van der Waals surface area contributed by atoms with Gasteiger partial charge in [-0.25, -0.2) is 4.39 Å². The Labute approximate surface area is 127 Å². The average Bonchev–Trinajstić information content (AvgIpc) is 2.95. The summed E-state index contributed by atoms with van der Waals surface area (Å²) in [5.74, 6) is -0.171. The van der Waals surface area contributed by atoms with Crippen molar-refractivity contribution in [2.45, 2.75) is 63.0 Å². The van der Waals surface area contributed by atoms with E-state index in [2.05, 4.69) is 4.90 Å². The van der Waals surface area contributed by atoms with E-state index in [1.165, 1.54) is 43.4 Å². The van der Waals surface area contributed by atoms with Gasteiger partial charge in [-0.3, -0.25) is 4.90 Å². The van der Waals surface area contributed by atoms with E-state index in [4.69, 9.17) is 0 Å². The number of halogens is 1. The zero-order chi connectivity index (χ0) is 14.7. The Bertz CT molecular complexity index is 453. The molecule has 1 heterocycles. The Kier molecular flexibility index (Phi) is 4.60. The molecule has 2 aliphatic rings. The van der Waals surface area contributed by atoms with Crippen LogP contribution in [0, 0.1) is 5.82 Å². The predicted octanol–water partition coefficient (Wildman–Crippen LogP) is 3.53. The van der Waals surface area contributed by atoms with Crippen molar-refractivity contribution >= 4 is 0 Å². The lowest BCUT2D eigenvalue weighted by Crippen LogP contribution is -2.54. The molecule has 1 saturated heterocycles. The minimum atomic E-state index is -0.455. The fourth-order valence-electron chi connectivity index (χ4n) is 4.11. The Morgan fingerprint density at radius 2 is 1.81 bits per heavy atom. The second kappa shape index (κ2) is 6.45. The maximum Gasteiger partial charge on any atom is 0.123 e. The molecule has 1 N–H and O–H groups in total. The molecule has 1 aromatic carbocycles. The van der Waals surface area contributed by atoms with Crippen LogP contribution in [-0.4, -0.2) is 34.7 Å². The molecule has 0 aromatic heterocycles. The van der Waals surface area contributed by atoms with Gasteiger partial charge in [0.05, 0.1) is 5.60 Å². The summed E-state index contributed by atoms with van der Waals surface area (Å²) in [5, 5.41) is 10.9. The van der Waals surface area contributed by atoms with E-state index in [1.807, 2.05) is 12.1 Å². The van der Waals surface area contributed by atoms with Crippen LogP contribution >= 0.6 is 0 Å². The summed E-state index contributed by atoms with van der Waals surface area (Å²) < 4.78 is 13.0.